The standard InChI is InChI=1S/C13H18N4O2/c1-3-13-14-15-16-17(13)9-10-19-12-8-6-5-7-11(12)18-4-2/h5-8H,3-4,9-10H2,1-2H3. The Morgan fingerprint density at radius 3 is 2.53 bits per heavy atom. The molecule has 0 atom stereocenters. The zero-order valence-electron chi connectivity index (χ0n) is 11.2. The van der Waals surface area contributed by atoms with E-state index >= 15 is 0 Å². The van der Waals surface area contributed by atoms with Gasteiger partial charge in [0, 0.05) is 6.42 Å². The third-order valence-electron chi connectivity index (χ3n) is 2.63. The number of aryl methyl sites for hydroxylation is 1. The molecule has 2 rings (SSSR count). The van der Waals surface area contributed by atoms with Crippen molar-refractivity contribution in [1.82, 2.24) is 20.2 Å². The Labute approximate surface area is 112 Å². The molecule has 0 aliphatic heterocycles. The van der Waals surface area contributed by atoms with Crippen LogP contribution in [0.5, 0.6) is 11.5 Å². The summed E-state index contributed by atoms with van der Waals surface area (Å²) >= 11 is 0. The van der Waals surface area contributed by atoms with Crippen LogP contribution in [-0.2, 0) is 13.0 Å². The van der Waals surface area contributed by atoms with E-state index in [9.17, 15) is 0 Å². The molecule has 0 saturated heterocycles. The zero-order valence-corrected chi connectivity index (χ0v) is 11.2. The number of hydrogen-bond donors (Lipinski definition) is 0. The van der Waals surface area contributed by atoms with E-state index in [4.69, 9.17) is 9.47 Å². The first-order valence-corrected chi connectivity index (χ1v) is 6.44. The number of ether oxygens (including phenoxy) is 2. The van der Waals surface area contributed by atoms with Gasteiger partial charge in [-0.25, -0.2) is 4.68 Å². The number of hydrogen-bond acceptors (Lipinski definition) is 5. The molecule has 0 aliphatic rings. The van der Waals surface area contributed by atoms with Gasteiger partial charge in [0.05, 0.1) is 13.2 Å². The molecule has 6 heteroatoms. The average Bonchev–Trinajstić information content (AvgIpc) is 2.88. The van der Waals surface area contributed by atoms with Crippen LogP contribution in [0, 0.1) is 0 Å². The second-order valence-electron chi connectivity index (χ2n) is 3.90. The van der Waals surface area contributed by atoms with Crippen LogP contribution in [0.25, 0.3) is 0 Å². The van der Waals surface area contributed by atoms with Gasteiger partial charge in [-0.2, -0.15) is 0 Å². The predicted octanol–water partition coefficient (Wildman–Crippen LogP) is 1.71. The number of nitrogens with zero attached hydrogens (tertiary/aromatic N) is 4. The number of benzene rings is 1. The highest BCUT2D eigenvalue weighted by atomic mass is 16.5. The topological polar surface area (TPSA) is 62.1 Å². The fourth-order valence-corrected chi connectivity index (χ4v) is 1.74. The monoisotopic (exact) mass is 262 g/mol. The van der Waals surface area contributed by atoms with Crippen molar-refractivity contribution in [3.05, 3.63) is 30.1 Å². The van der Waals surface area contributed by atoms with Crippen LogP contribution in [0.3, 0.4) is 0 Å². The summed E-state index contributed by atoms with van der Waals surface area (Å²) in [6.07, 6.45) is 0.808. The zero-order chi connectivity index (χ0) is 13.5. The lowest BCUT2D eigenvalue weighted by atomic mass is 10.3. The molecule has 6 nitrogen and oxygen atoms in total. The second kappa shape index (κ2) is 6.72. The van der Waals surface area contributed by atoms with Crippen LogP contribution < -0.4 is 9.47 Å². The molecule has 0 unspecified atom stereocenters. The molecule has 0 radical (unpaired) electrons. The summed E-state index contributed by atoms with van der Waals surface area (Å²) in [6.45, 7) is 5.71. The molecule has 0 saturated carbocycles. The van der Waals surface area contributed by atoms with Gasteiger partial charge >= 0.3 is 0 Å². The van der Waals surface area contributed by atoms with E-state index in [1.807, 2.05) is 38.1 Å². The molecule has 0 N–H and O–H groups in total. The Morgan fingerprint density at radius 2 is 1.84 bits per heavy atom. The maximum atomic E-state index is 5.72. The van der Waals surface area contributed by atoms with E-state index < -0.39 is 0 Å². The molecular formula is C13H18N4O2. The van der Waals surface area contributed by atoms with Crippen molar-refractivity contribution in [2.75, 3.05) is 13.2 Å². The summed E-state index contributed by atoms with van der Waals surface area (Å²) in [7, 11) is 0. The highest BCUT2D eigenvalue weighted by molar-refractivity contribution is 5.39. The molecule has 102 valence electrons. The summed E-state index contributed by atoms with van der Waals surface area (Å²) in [4.78, 5) is 0. The van der Waals surface area contributed by atoms with Gasteiger partial charge in [-0.3, -0.25) is 0 Å². The van der Waals surface area contributed by atoms with E-state index in [2.05, 4.69) is 15.5 Å². The maximum Gasteiger partial charge on any atom is 0.161 e. The van der Waals surface area contributed by atoms with Gasteiger partial charge in [0.25, 0.3) is 0 Å². The fourth-order valence-electron chi connectivity index (χ4n) is 1.74. The van der Waals surface area contributed by atoms with Gasteiger partial charge in [0.15, 0.2) is 17.3 Å². The van der Waals surface area contributed by atoms with Crippen LogP contribution in [0.1, 0.15) is 19.7 Å². The van der Waals surface area contributed by atoms with Gasteiger partial charge < -0.3 is 9.47 Å². The summed E-state index contributed by atoms with van der Waals surface area (Å²) in [5.41, 5.74) is 0. The third-order valence-corrected chi connectivity index (χ3v) is 2.63. The van der Waals surface area contributed by atoms with Gasteiger partial charge in [-0.15, -0.1) is 5.10 Å². The van der Waals surface area contributed by atoms with Crippen molar-refractivity contribution < 1.29 is 9.47 Å². The van der Waals surface area contributed by atoms with Crippen LogP contribution in [0.15, 0.2) is 24.3 Å². The molecule has 1 aromatic carbocycles. The summed E-state index contributed by atoms with van der Waals surface area (Å²) in [5.74, 6) is 2.37. The minimum atomic E-state index is 0.502. The predicted molar refractivity (Wildman–Crippen MR) is 70.3 cm³/mol. The van der Waals surface area contributed by atoms with Gasteiger partial charge in [-0.05, 0) is 29.5 Å². The van der Waals surface area contributed by atoms with E-state index in [0.29, 0.717) is 19.8 Å². The minimum Gasteiger partial charge on any atom is -0.490 e. The van der Waals surface area contributed by atoms with Gasteiger partial charge in [0.2, 0.25) is 0 Å². The van der Waals surface area contributed by atoms with Crippen molar-refractivity contribution in [3.8, 4) is 11.5 Å². The quantitative estimate of drug-likeness (QED) is 0.760. The minimum absolute atomic E-state index is 0.502. The number of rotatable bonds is 7. The Kier molecular flexibility index (Phi) is 4.72. The Morgan fingerprint density at radius 1 is 1.11 bits per heavy atom. The molecule has 0 amide bonds. The van der Waals surface area contributed by atoms with Crippen LogP contribution in [-0.4, -0.2) is 33.4 Å². The largest absolute Gasteiger partial charge is 0.490 e. The van der Waals surface area contributed by atoms with Crippen LogP contribution in [0.4, 0.5) is 0 Å². The van der Waals surface area contributed by atoms with E-state index in [1.165, 1.54) is 0 Å². The number of tetrazole rings is 1. The molecule has 0 spiro atoms. The van der Waals surface area contributed by atoms with E-state index in [0.717, 1.165) is 23.7 Å². The van der Waals surface area contributed by atoms with Gasteiger partial charge in [-0.1, -0.05) is 19.1 Å². The first kappa shape index (κ1) is 13.3. The summed E-state index contributed by atoms with van der Waals surface area (Å²) in [5, 5.41) is 11.5. The molecule has 0 fully saturated rings. The van der Waals surface area contributed by atoms with E-state index in [1.54, 1.807) is 4.68 Å². The lowest BCUT2D eigenvalue weighted by molar-refractivity contribution is 0.260. The van der Waals surface area contributed by atoms with Crippen molar-refractivity contribution in [2.24, 2.45) is 0 Å². The maximum absolute atomic E-state index is 5.72. The molecular weight excluding hydrogens is 244 g/mol. The molecule has 1 aromatic heterocycles. The van der Waals surface area contributed by atoms with Crippen molar-refractivity contribution >= 4 is 0 Å². The Hall–Kier alpha value is -2.11. The lowest BCUT2D eigenvalue weighted by Gasteiger charge is -2.11. The average molecular weight is 262 g/mol. The van der Waals surface area contributed by atoms with Crippen LogP contribution in [0.2, 0.25) is 0 Å². The van der Waals surface area contributed by atoms with Crippen molar-refractivity contribution in [3.63, 3.8) is 0 Å². The normalized spacial score (nSPS) is 10.4. The Bertz CT molecular complexity index is 513. The molecule has 0 aliphatic carbocycles. The summed E-state index contributed by atoms with van der Waals surface area (Å²) < 4.78 is 13.0. The molecule has 0 bridgehead atoms. The Balaban J connectivity index is 1.92. The second-order valence-corrected chi connectivity index (χ2v) is 3.90. The lowest BCUT2D eigenvalue weighted by Crippen LogP contribution is -2.12. The number of para-hydroxylation sites is 2. The van der Waals surface area contributed by atoms with Crippen molar-refractivity contribution in [1.29, 1.82) is 0 Å². The third kappa shape index (κ3) is 3.43. The van der Waals surface area contributed by atoms with E-state index in [-0.39, 0.29) is 0 Å². The SMILES string of the molecule is CCOc1ccccc1OCCn1nnnc1CC. The first-order chi connectivity index (χ1) is 9.35. The van der Waals surface area contributed by atoms with Crippen LogP contribution >= 0.6 is 0 Å². The molecule has 1 heterocycles. The highest BCUT2D eigenvalue weighted by Crippen LogP contribution is 2.26. The molecule has 19 heavy (non-hydrogen) atoms. The molecule has 2 aromatic rings. The van der Waals surface area contributed by atoms with Crippen molar-refractivity contribution in [2.45, 2.75) is 26.8 Å². The van der Waals surface area contributed by atoms with Gasteiger partial charge in [0.1, 0.15) is 6.61 Å². The smallest absolute Gasteiger partial charge is 0.161 e. The highest BCUT2D eigenvalue weighted by Gasteiger charge is 2.06. The number of aromatic nitrogens is 4. The first-order valence-electron chi connectivity index (χ1n) is 6.44. The summed E-state index contributed by atoms with van der Waals surface area (Å²) in [6, 6.07) is 7.64. The fraction of sp³-hybridized carbons (Fsp3) is 0.462.